The molecule has 0 aliphatic carbocycles. The first-order valence-corrected chi connectivity index (χ1v) is 8.33. The van der Waals surface area contributed by atoms with Crippen molar-refractivity contribution >= 4 is 45.0 Å². The topological polar surface area (TPSA) is 20.3 Å². The van der Waals surface area contributed by atoms with Gasteiger partial charge in [-0.1, -0.05) is 52.0 Å². The molecule has 1 aliphatic rings. The molecule has 0 saturated carbocycles. The highest BCUT2D eigenvalue weighted by atomic mass is 79.9. The van der Waals surface area contributed by atoms with Crippen LogP contribution in [0.3, 0.4) is 0 Å². The summed E-state index contributed by atoms with van der Waals surface area (Å²) in [4.78, 5) is 14.6. The van der Waals surface area contributed by atoms with Crippen molar-refractivity contribution in [2.45, 2.75) is 31.7 Å². The summed E-state index contributed by atoms with van der Waals surface area (Å²) in [5.41, 5.74) is 0.541. The Morgan fingerprint density at radius 1 is 1.32 bits per heavy atom. The Morgan fingerprint density at radius 2 is 2.11 bits per heavy atom. The molecule has 0 aromatic heterocycles. The molecule has 1 saturated heterocycles. The van der Waals surface area contributed by atoms with E-state index in [1.807, 2.05) is 4.90 Å². The van der Waals surface area contributed by atoms with E-state index in [0.29, 0.717) is 15.6 Å². The summed E-state index contributed by atoms with van der Waals surface area (Å²) in [7, 11) is 0. The Labute approximate surface area is 132 Å². The zero-order chi connectivity index (χ0) is 13.8. The highest BCUT2D eigenvalue weighted by Crippen LogP contribution is 2.26. The molecule has 1 amide bonds. The van der Waals surface area contributed by atoms with Crippen molar-refractivity contribution in [3.8, 4) is 0 Å². The molecule has 0 spiro atoms. The molecule has 0 N–H and O–H groups in total. The van der Waals surface area contributed by atoms with Crippen LogP contribution < -0.4 is 0 Å². The fourth-order valence-corrected chi connectivity index (χ4v) is 3.59. The van der Waals surface area contributed by atoms with Gasteiger partial charge in [-0.15, -0.1) is 0 Å². The van der Waals surface area contributed by atoms with Gasteiger partial charge in [-0.25, -0.2) is 0 Å². The number of amides is 1. The molecule has 1 fully saturated rings. The molecular weight excluding hydrogens is 349 g/mol. The molecule has 1 atom stereocenters. The first kappa shape index (κ1) is 15.1. The number of hydrogen-bond acceptors (Lipinski definition) is 1. The minimum Gasteiger partial charge on any atom is -0.335 e. The van der Waals surface area contributed by atoms with Crippen molar-refractivity contribution in [2.24, 2.45) is 0 Å². The summed E-state index contributed by atoms with van der Waals surface area (Å²) in [6.07, 6.45) is 4.46. The van der Waals surface area contributed by atoms with Crippen LogP contribution in [0.4, 0.5) is 0 Å². The Bertz CT molecular complexity index is 467. The van der Waals surface area contributed by atoms with Gasteiger partial charge in [-0.2, -0.15) is 0 Å². The molecule has 0 radical (unpaired) electrons. The molecule has 2 rings (SSSR count). The van der Waals surface area contributed by atoms with Crippen molar-refractivity contribution in [3.63, 3.8) is 0 Å². The molecule has 104 valence electrons. The van der Waals surface area contributed by atoms with E-state index in [1.54, 1.807) is 18.2 Å². The highest BCUT2D eigenvalue weighted by molar-refractivity contribution is 9.09. The molecule has 19 heavy (non-hydrogen) atoms. The van der Waals surface area contributed by atoms with Gasteiger partial charge in [0, 0.05) is 22.9 Å². The lowest BCUT2D eigenvalue weighted by molar-refractivity contribution is 0.0702. The van der Waals surface area contributed by atoms with Crippen molar-refractivity contribution in [1.82, 2.24) is 4.90 Å². The minimum absolute atomic E-state index is 0.00742. The lowest BCUT2D eigenvalue weighted by atomic mass is 10.1. The second-order valence-electron chi connectivity index (χ2n) is 4.78. The molecule has 0 bridgehead atoms. The molecule has 1 aromatic rings. The first-order chi connectivity index (χ1) is 9.13. The Morgan fingerprint density at radius 3 is 2.79 bits per heavy atom. The van der Waals surface area contributed by atoms with Crippen molar-refractivity contribution in [1.29, 1.82) is 0 Å². The van der Waals surface area contributed by atoms with Gasteiger partial charge in [0.05, 0.1) is 10.6 Å². The molecule has 5 heteroatoms. The van der Waals surface area contributed by atoms with Crippen LogP contribution in [0, 0.1) is 0 Å². The van der Waals surface area contributed by atoms with Crippen molar-refractivity contribution < 1.29 is 4.79 Å². The minimum atomic E-state index is 0.00742. The third-order valence-electron chi connectivity index (χ3n) is 3.48. The Balaban J connectivity index is 2.25. The molecule has 1 aliphatic heterocycles. The average molecular weight is 365 g/mol. The van der Waals surface area contributed by atoms with Crippen LogP contribution in [-0.2, 0) is 0 Å². The van der Waals surface area contributed by atoms with Gasteiger partial charge in [-0.05, 0) is 31.0 Å². The van der Waals surface area contributed by atoms with E-state index < -0.39 is 0 Å². The average Bonchev–Trinajstić information content (AvgIpc) is 2.63. The predicted octanol–water partition coefficient (Wildman–Crippen LogP) is 4.77. The van der Waals surface area contributed by atoms with Gasteiger partial charge in [0.15, 0.2) is 0 Å². The number of alkyl halides is 1. The Hall–Kier alpha value is -0.250. The Kier molecular flexibility index (Phi) is 5.55. The summed E-state index contributed by atoms with van der Waals surface area (Å²) < 4.78 is 0. The van der Waals surface area contributed by atoms with Crippen LogP contribution >= 0.6 is 39.1 Å². The van der Waals surface area contributed by atoms with E-state index in [4.69, 9.17) is 23.2 Å². The quantitative estimate of drug-likeness (QED) is 0.692. The van der Waals surface area contributed by atoms with Crippen LogP contribution in [0.1, 0.15) is 36.0 Å². The first-order valence-electron chi connectivity index (χ1n) is 6.45. The summed E-state index contributed by atoms with van der Waals surface area (Å²) in [5.74, 6) is 0.00742. The summed E-state index contributed by atoms with van der Waals surface area (Å²) in [6.45, 7) is 0.800. The van der Waals surface area contributed by atoms with Crippen LogP contribution in [0.5, 0.6) is 0 Å². The maximum absolute atomic E-state index is 12.6. The summed E-state index contributed by atoms with van der Waals surface area (Å²) >= 11 is 15.5. The highest BCUT2D eigenvalue weighted by Gasteiger charge is 2.26. The zero-order valence-corrected chi connectivity index (χ0v) is 13.6. The summed E-state index contributed by atoms with van der Waals surface area (Å²) in [6, 6.07) is 5.30. The lowest BCUT2D eigenvalue weighted by Crippen LogP contribution is -2.41. The number of carbonyl (C=O) groups is 1. The van der Waals surface area contributed by atoms with Crippen molar-refractivity contribution in [2.75, 3.05) is 11.9 Å². The fourth-order valence-electron chi connectivity index (χ4n) is 2.42. The number of benzene rings is 1. The fraction of sp³-hybridized carbons (Fsp3) is 0.500. The van der Waals surface area contributed by atoms with Crippen LogP contribution in [0.15, 0.2) is 18.2 Å². The number of likely N-dealkylation sites (tertiary alicyclic amines) is 1. The number of halogens is 3. The standard InChI is InChI=1S/C14H16BrCl2NO/c15-9-11-4-2-1-3-7-18(11)14(19)12-6-5-10(16)8-13(12)17/h5-6,8,11H,1-4,7,9H2. The third-order valence-corrected chi connectivity index (χ3v) is 4.77. The second kappa shape index (κ2) is 6.96. The SMILES string of the molecule is O=C(c1ccc(Cl)cc1Cl)N1CCCCCC1CBr. The smallest absolute Gasteiger partial charge is 0.255 e. The number of nitrogens with zero attached hydrogens (tertiary/aromatic N) is 1. The van der Waals surface area contributed by atoms with Gasteiger partial charge in [-0.3, -0.25) is 4.79 Å². The van der Waals surface area contributed by atoms with E-state index in [0.717, 1.165) is 24.7 Å². The van der Waals surface area contributed by atoms with E-state index >= 15 is 0 Å². The molecule has 1 aromatic carbocycles. The largest absolute Gasteiger partial charge is 0.335 e. The van der Waals surface area contributed by atoms with Crippen molar-refractivity contribution in [3.05, 3.63) is 33.8 Å². The molecule has 1 heterocycles. The van der Waals surface area contributed by atoms with Crippen LogP contribution in [-0.4, -0.2) is 28.7 Å². The van der Waals surface area contributed by atoms with E-state index in [2.05, 4.69) is 15.9 Å². The van der Waals surface area contributed by atoms with E-state index in [9.17, 15) is 4.79 Å². The predicted molar refractivity (Wildman–Crippen MR) is 83.5 cm³/mol. The number of hydrogen-bond donors (Lipinski definition) is 0. The third kappa shape index (κ3) is 3.65. The summed E-state index contributed by atoms with van der Waals surface area (Å²) in [5, 5.41) is 1.79. The lowest BCUT2D eigenvalue weighted by Gasteiger charge is -2.29. The van der Waals surface area contributed by atoms with E-state index in [1.165, 1.54) is 12.8 Å². The molecular formula is C14H16BrCl2NO. The maximum atomic E-state index is 12.6. The monoisotopic (exact) mass is 363 g/mol. The number of carbonyl (C=O) groups excluding carboxylic acids is 1. The van der Waals surface area contributed by atoms with Gasteiger partial charge < -0.3 is 4.90 Å². The van der Waals surface area contributed by atoms with Gasteiger partial charge >= 0.3 is 0 Å². The van der Waals surface area contributed by atoms with Gasteiger partial charge in [0.2, 0.25) is 0 Å². The zero-order valence-electron chi connectivity index (χ0n) is 10.5. The normalized spacial score (nSPS) is 20.2. The van der Waals surface area contributed by atoms with Crippen LogP contribution in [0.2, 0.25) is 10.0 Å². The molecule has 2 nitrogen and oxygen atoms in total. The van der Waals surface area contributed by atoms with Gasteiger partial charge in [0.25, 0.3) is 5.91 Å². The van der Waals surface area contributed by atoms with Gasteiger partial charge in [0.1, 0.15) is 0 Å². The molecule has 1 unspecified atom stereocenters. The number of rotatable bonds is 2. The van der Waals surface area contributed by atoms with Crippen LogP contribution in [0.25, 0.3) is 0 Å². The van der Waals surface area contributed by atoms with E-state index in [-0.39, 0.29) is 11.9 Å². The second-order valence-corrected chi connectivity index (χ2v) is 6.27. The maximum Gasteiger partial charge on any atom is 0.255 e.